The highest BCUT2D eigenvalue weighted by Gasteiger charge is 2.15. The molecular weight excluding hydrogens is 390 g/mol. The van der Waals surface area contributed by atoms with Gasteiger partial charge in [0.15, 0.2) is 0 Å². The standard InChI is InChI=1S/C25H23N3O3/c1-16-5-4-6-19(13-16)27-24(29)21-14-22-23(26-17(21)2)11-12-28(25(22)30)15-18-7-9-20(31-3)10-8-18/h4-14H,15H2,1-3H3,(H,27,29). The third-order valence-corrected chi connectivity index (χ3v) is 5.18. The lowest BCUT2D eigenvalue weighted by atomic mass is 10.1. The summed E-state index contributed by atoms with van der Waals surface area (Å²) in [5.74, 6) is 0.473. The van der Waals surface area contributed by atoms with Gasteiger partial charge in [-0.15, -0.1) is 0 Å². The molecule has 0 unspecified atom stereocenters. The lowest BCUT2D eigenvalue weighted by Gasteiger charge is -2.11. The molecule has 2 aromatic carbocycles. The van der Waals surface area contributed by atoms with Crippen LogP contribution in [0.15, 0.2) is 71.7 Å². The van der Waals surface area contributed by atoms with Crippen molar-refractivity contribution in [2.24, 2.45) is 0 Å². The van der Waals surface area contributed by atoms with Crippen molar-refractivity contribution in [3.8, 4) is 5.75 Å². The lowest BCUT2D eigenvalue weighted by Crippen LogP contribution is -2.22. The number of amides is 1. The number of aromatic nitrogens is 2. The predicted molar refractivity (Wildman–Crippen MR) is 122 cm³/mol. The average Bonchev–Trinajstić information content (AvgIpc) is 2.76. The Morgan fingerprint density at radius 1 is 1.06 bits per heavy atom. The van der Waals surface area contributed by atoms with Crippen LogP contribution in [0.2, 0.25) is 0 Å². The molecular formula is C25H23N3O3. The molecule has 0 radical (unpaired) electrons. The summed E-state index contributed by atoms with van der Waals surface area (Å²) in [5, 5.41) is 3.30. The lowest BCUT2D eigenvalue weighted by molar-refractivity contribution is 0.102. The summed E-state index contributed by atoms with van der Waals surface area (Å²) < 4.78 is 6.80. The first kappa shape index (κ1) is 20.3. The van der Waals surface area contributed by atoms with Crippen molar-refractivity contribution in [2.75, 3.05) is 12.4 Å². The summed E-state index contributed by atoms with van der Waals surface area (Å²) in [5.41, 5.74) is 4.06. The number of methoxy groups -OCH3 is 1. The molecule has 0 fully saturated rings. The topological polar surface area (TPSA) is 73.2 Å². The van der Waals surface area contributed by atoms with E-state index in [1.54, 1.807) is 36.9 Å². The van der Waals surface area contributed by atoms with E-state index in [2.05, 4.69) is 10.3 Å². The highest BCUT2D eigenvalue weighted by atomic mass is 16.5. The first-order valence-corrected chi connectivity index (χ1v) is 9.96. The number of hydrogen-bond donors (Lipinski definition) is 1. The van der Waals surface area contributed by atoms with Gasteiger partial charge < -0.3 is 14.6 Å². The fraction of sp³-hybridized carbons (Fsp3) is 0.160. The van der Waals surface area contributed by atoms with Crippen LogP contribution in [0.3, 0.4) is 0 Å². The van der Waals surface area contributed by atoms with Crippen LogP contribution >= 0.6 is 0 Å². The number of rotatable bonds is 5. The fourth-order valence-electron chi connectivity index (χ4n) is 3.51. The van der Waals surface area contributed by atoms with Gasteiger partial charge in [-0.3, -0.25) is 14.6 Å². The fourth-order valence-corrected chi connectivity index (χ4v) is 3.51. The summed E-state index contributed by atoms with van der Waals surface area (Å²) in [4.78, 5) is 30.5. The molecule has 2 heterocycles. The Kier molecular flexibility index (Phi) is 5.54. The molecule has 4 rings (SSSR count). The molecule has 0 atom stereocenters. The van der Waals surface area contributed by atoms with Gasteiger partial charge in [0, 0.05) is 11.9 Å². The van der Waals surface area contributed by atoms with Crippen molar-refractivity contribution >= 4 is 22.5 Å². The normalized spacial score (nSPS) is 10.8. The molecule has 1 amide bonds. The average molecular weight is 413 g/mol. The number of ether oxygens (including phenoxy) is 1. The van der Waals surface area contributed by atoms with Gasteiger partial charge in [0.2, 0.25) is 0 Å². The van der Waals surface area contributed by atoms with Crippen LogP contribution in [0, 0.1) is 13.8 Å². The second-order valence-corrected chi connectivity index (χ2v) is 7.47. The highest BCUT2D eigenvalue weighted by molar-refractivity contribution is 6.06. The first-order chi connectivity index (χ1) is 14.9. The molecule has 156 valence electrons. The summed E-state index contributed by atoms with van der Waals surface area (Å²) in [7, 11) is 1.62. The van der Waals surface area contributed by atoms with E-state index in [-0.39, 0.29) is 11.5 Å². The van der Waals surface area contributed by atoms with Crippen LogP contribution in [-0.4, -0.2) is 22.6 Å². The van der Waals surface area contributed by atoms with Crippen LogP contribution in [-0.2, 0) is 6.54 Å². The Balaban J connectivity index is 1.68. The number of aryl methyl sites for hydroxylation is 2. The van der Waals surface area contributed by atoms with Gasteiger partial charge in [0.1, 0.15) is 5.75 Å². The number of nitrogens with zero attached hydrogens (tertiary/aromatic N) is 2. The van der Waals surface area contributed by atoms with Crippen LogP contribution in [0.4, 0.5) is 5.69 Å². The molecule has 31 heavy (non-hydrogen) atoms. The van der Waals surface area contributed by atoms with E-state index in [1.165, 1.54) is 0 Å². The van der Waals surface area contributed by atoms with E-state index in [0.717, 1.165) is 16.9 Å². The Morgan fingerprint density at radius 3 is 2.55 bits per heavy atom. The van der Waals surface area contributed by atoms with Crippen molar-refractivity contribution in [3.63, 3.8) is 0 Å². The third kappa shape index (κ3) is 4.33. The number of anilines is 1. The Bertz CT molecular complexity index is 1320. The van der Waals surface area contributed by atoms with Crippen LogP contribution in [0.1, 0.15) is 27.2 Å². The minimum Gasteiger partial charge on any atom is -0.497 e. The summed E-state index contributed by atoms with van der Waals surface area (Å²) in [6.07, 6.45) is 1.73. The number of hydrogen-bond acceptors (Lipinski definition) is 4. The smallest absolute Gasteiger partial charge is 0.260 e. The van der Waals surface area contributed by atoms with Gasteiger partial charge in [-0.1, -0.05) is 24.3 Å². The number of fused-ring (bicyclic) bond motifs is 1. The number of carbonyl (C=O) groups is 1. The monoisotopic (exact) mass is 413 g/mol. The van der Waals surface area contributed by atoms with E-state index >= 15 is 0 Å². The van der Waals surface area contributed by atoms with E-state index < -0.39 is 0 Å². The van der Waals surface area contributed by atoms with Crippen molar-refractivity contribution < 1.29 is 9.53 Å². The third-order valence-electron chi connectivity index (χ3n) is 5.18. The van der Waals surface area contributed by atoms with Crippen LogP contribution < -0.4 is 15.6 Å². The summed E-state index contributed by atoms with van der Waals surface area (Å²) in [6, 6.07) is 18.6. The van der Waals surface area contributed by atoms with E-state index in [1.807, 2.05) is 55.5 Å². The number of benzene rings is 2. The summed E-state index contributed by atoms with van der Waals surface area (Å²) >= 11 is 0. The van der Waals surface area contributed by atoms with E-state index in [0.29, 0.717) is 34.4 Å². The molecule has 0 saturated carbocycles. The maximum absolute atomic E-state index is 13.1. The zero-order chi connectivity index (χ0) is 22.0. The van der Waals surface area contributed by atoms with Gasteiger partial charge in [-0.05, 0) is 61.4 Å². The van der Waals surface area contributed by atoms with Gasteiger partial charge in [-0.25, -0.2) is 0 Å². The second-order valence-electron chi connectivity index (χ2n) is 7.47. The SMILES string of the molecule is COc1ccc(Cn2ccc3nc(C)c(C(=O)Nc4cccc(C)c4)cc3c2=O)cc1. The minimum atomic E-state index is -0.289. The van der Waals surface area contributed by atoms with Gasteiger partial charge in [0.05, 0.1) is 35.8 Å². The maximum atomic E-state index is 13.1. The molecule has 0 bridgehead atoms. The quantitative estimate of drug-likeness (QED) is 0.529. The molecule has 4 aromatic rings. The predicted octanol–water partition coefficient (Wildman–Crippen LogP) is 4.32. The zero-order valence-corrected chi connectivity index (χ0v) is 17.7. The number of carbonyl (C=O) groups excluding carboxylic acids is 1. The Labute approximate surface area is 180 Å². The Hall–Kier alpha value is -3.93. The van der Waals surface area contributed by atoms with Crippen LogP contribution in [0.25, 0.3) is 10.9 Å². The first-order valence-electron chi connectivity index (χ1n) is 9.96. The molecule has 0 spiro atoms. The second kappa shape index (κ2) is 8.44. The van der Waals surface area contributed by atoms with Crippen molar-refractivity contribution in [3.05, 3.63) is 99.6 Å². The molecule has 0 aliphatic carbocycles. The van der Waals surface area contributed by atoms with Crippen molar-refractivity contribution in [1.82, 2.24) is 9.55 Å². The molecule has 1 N–H and O–H groups in total. The molecule has 6 heteroatoms. The molecule has 0 aliphatic rings. The summed E-state index contributed by atoms with van der Waals surface area (Å²) in [6.45, 7) is 4.15. The van der Waals surface area contributed by atoms with Gasteiger partial charge in [0.25, 0.3) is 11.5 Å². The van der Waals surface area contributed by atoms with Crippen LogP contribution in [0.5, 0.6) is 5.75 Å². The van der Waals surface area contributed by atoms with E-state index in [4.69, 9.17) is 4.74 Å². The largest absolute Gasteiger partial charge is 0.497 e. The number of pyridine rings is 2. The maximum Gasteiger partial charge on any atom is 0.260 e. The molecule has 0 aliphatic heterocycles. The van der Waals surface area contributed by atoms with E-state index in [9.17, 15) is 9.59 Å². The molecule has 0 saturated heterocycles. The van der Waals surface area contributed by atoms with Gasteiger partial charge >= 0.3 is 0 Å². The zero-order valence-electron chi connectivity index (χ0n) is 17.7. The number of nitrogens with one attached hydrogen (secondary N) is 1. The van der Waals surface area contributed by atoms with Crippen molar-refractivity contribution in [2.45, 2.75) is 20.4 Å². The van der Waals surface area contributed by atoms with Gasteiger partial charge in [-0.2, -0.15) is 0 Å². The molecule has 6 nitrogen and oxygen atoms in total. The highest BCUT2D eigenvalue weighted by Crippen LogP contribution is 2.17. The van der Waals surface area contributed by atoms with Crippen molar-refractivity contribution in [1.29, 1.82) is 0 Å². The minimum absolute atomic E-state index is 0.189. The molecule has 2 aromatic heterocycles. The Morgan fingerprint density at radius 2 is 1.84 bits per heavy atom.